The number of benzene rings is 2. The summed E-state index contributed by atoms with van der Waals surface area (Å²) in [5.41, 5.74) is 5.14. The smallest absolute Gasteiger partial charge is 0.122 e. The average molecular weight is 297 g/mol. The Kier molecular flexibility index (Phi) is 4.64. The lowest BCUT2D eigenvalue weighted by Crippen LogP contribution is -2.27. The molecule has 2 aromatic rings. The minimum Gasteiger partial charge on any atom is -0.496 e. The van der Waals surface area contributed by atoms with E-state index < -0.39 is 0 Å². The van der Waals surface area contributed by atoms with Gasteiger partial charge in [0.25, 0.3) is 0 Å². The fourth-order valence-electron chi connectivity index (χ4n) is 3.24. The van der Waals surface area contributed by atoms with Crippen molar-refractivity contribution in [2.24, 2.45) is 0 Å². The molecule has 22 heavy (non-hydrogen) atoms. The molecular weight excluding hydrogens is 274 g/mol. The van der Waals surface area contributed by atoms with Crippen LogP contribution in [0.1, 0.15) is 23.1 Å². The molecule has 1 N–H and O–H groups in total. The highest BCUT2D eigenvalue weighted by Gasteiger charge is 2.21. The molecule has 0 spiro atoms. The van der Waals surface area contributed by atoms with E-state index in [4.69, 9.17) is 9.47 Å². The summed E-state index contributed by atoms with van der Waals surface area (Å²) in [5, 5.41) is 3.66. The summed E-state index contributed by atoms with van der Waals surface area (Å²) in [5.74, 6) is 1.03. The van der Waals surface area contributed by atoms with Gasteiger partial charge in [-0.15, -0.1) is 0 Å². The summed E-state index contributed by atoms with van der Waals surface area (Å²) >= 11 is 0. The highest BCUT2D eigenvalue weighted by atomic mass is 16.5. The summed E-state index contributed by atoms with van der Waals surface area (Å²) < 4.78 is 10.7. The molecule has 0 saturated heterocycles. The van der Waals surface area contributed by atoms with Crippen molar-refractivity contribution in [1.29, 1.82) is 0 Å². The lowest BCUT2D eigenvalue weighted by molar-refractivity contribution is 0.185. The van der Waals surface area contributed by atoms with Crippen molar-refractivity contribution in [2.45, 2.75) is 31.9 Å². The molecule has 0 aromatic heterocycles. The Morgan fingerprint density at radius 3 is 2.82 bits per heavy atom. The number of fused-ring (bicyclic) bond motifs is 1. The van der Waals surface area contributed by atoms with Crippen molar-refractivity contribution in [3.63, 3.8) is 0 Å². The topological polar surface area (TPSA) is 30.5 Å². The van der Waals surface area contributed by atoms with Crippen LogP contribution in [-0.4, -0.2) is 20.3 Å². The Balaban J connectivity index is 1.71. The van der Waals surface area contributed by atoms with Gasteiger partial charge in [0.05, 0.1) is 13.7 Å². The van der Waals surface area contributed by atoms with Gasteiger partial charge in [0.1, 0.15) is 5.75 Å². The largest absolute Gasteiger partial charge is 0.496 e. The van der Waals surface area contributed by atoms with Crippen LogP contribution in [0.5, 0.6) is 5.75 Å². The van der Waals surface area contributed by atoms with Crippen LogP contribution in [-0.2, 0) is 24.2 Å². The molecule has 0 saturated carbocycles. The molecule has 0 bridgehead atoms. The van der Waals surface area contributed by atoms with Crippen molar-refractivity contribution in [1.82, 2.24) is 0 Å². The minimum absolute atomic E-state index is 0.470. The van der Waals surface area contributed by atoms with Gasteiger partial charge in [-0.1, -0.05) is 24.3 Å². The van der Waals surface area contributed by atoms with Crippen molar-refractivity contribution < 1.29 is 9.47 Å². The molecule has 116 valence electrons. The second kappa shape index (κ2) is 6.84. The van der Waals surface area contributed by atoms with Crippen molar-refractivity contribution in [2.75, 3.05) is 19.5 Å². The first-order valence-electron chi connectivity index (χ1n) is 7.79. The molecule has 3 nitrogen and oxygen atoms in total. The van der Waals surface area contributed by atoms with Gasteiger partial charge in [-0.05, 0) is 54.2 Å². The highest BCUT2D eigenvalue weighted by molar-refractivity contribution is 5.49. The molecule has 3 heteroatoms. The molecule has 1 aliphatic carbocycles. The van der Waals surface area contributed by atoms with Gasteiger partial charge in [0.15, 0.2) is 0 Å². The monoisotopic (exact) mass is 297 g/mol. The van der Waals surface area contributed by atoms with E-state index in [1.54, 1.807) is 14.2 Å². The van der Waals surface area contributed by atoms with Crippen LogP contribution in [0.3, 0.4) is 0 Å². The van der Waals surface area contributed by atoms with Gasteiger partial charge in [-0.25, -0.2) is 0 Å². The maximum Gasteiger partial charge on any atom is 0.122 e. The third-order valence-electron chi connectivity index (χ3n) is 4.27. The standard InChI is InChI=1S/C19H23NO2/c1-21-13-14-5-3-7-16(11-14)20-17-9-10-18-15(12-17)6-4-8-19(18)22-2/h3-8,11,17,20H,9-10,12-13H2,1-2H3. The summed E-state index contributed by atoms with van der Waals surface area (Å²) in [6.45, 7) is 0.653. The minimum atomic E-state index is 0.470. The first kappa shape index (κ1) is 14.9. The van der Waals surface area contributed by atoms with E-state index in [-0.39, 0.29) is 0 Å². The predicted molar refractivity (Wildman–Crippen MR) is 89.6 cm³/mol. The fourth-order valence-corrected chi connectivity index (χ4v) is 3.24. The third kappa shape index (κ3) is 3.25. The Hall–Kier alpha value is -2.00. The van der Waals surface area contributed by atoms with Gasteiger partial charge < -0.3 is 14.8 Å². The van der Waals surface area contributed by atoms with E-state index in [1.165, 1.54) is 22.4 Å². The quantitative estimate of drug-likeness (QED) is 0.910. The molecule has 1 unspecified atom stereocenters. The Morgan fingerprint density at radius 1 is 1.14 bits per heavy atom. The predicted octanol–water partition coefficient (Wildman–Crippen LogP) is 3.81. The molecule has 0 radical (unpaired) electrons. The summed E-state index contributed by atoms with van der Waals surface area (Å²) in [7, 11) is 3.48. The van der Waals surface area contributed by atoms with Gasteiger partial charge in [0.2, 0.25) is 0 Å². The van der Waals surface area contributed by atoms with Crippen LogP contribution in [0.4, 0.5) is 5.69 Å². The van der Waals surface area contributed by atoms with Gasteiger partial charge in [-0.2, -0.15) is 0 Å². The van der Waals surface area contributed by atoms with E-state index in [0.717, 1.165) is 25.0 Å². The maximum atomic E-state index is 5.47. The van der Waals surface area contributed by atoms with Crippen LogP contribution in [0.15, 0.2) is 42.5 Å². The van der Waals surface area contributed by atoms with Crippen molar-refractivity contribution in [3.8, 4) is 5.75 Å². The van der Waals surface area contributed by atoms with Crippen LogP contribution in [0.25, 0.3) is 0 Å². The second-order valence-corrected chi connectivity index (χ2v) is 5.82. The maximum absolute atomic E-state index is 5.47. The van der Waals surface area contributed by atoms with E-state index in [1.807, 2.05) is 0 Å². The lowest BCUT2D eigenvalue weighted by atomic mass is 9.87. The van der Waals surface area contributed by atoms with E-state index in [2.05, 4.69) is 47.8 Å². The third-order valence-corrected chi connectivity index (χ3v) is 4.27. The summed E-state index contributed by atoms with van der Waals surface area (Å²) in [4.78, 5) is 0. The van der Waals surface area contributed by atoms with Crippen molar-refractivity contribution >= 4 is 5.69 Å². The molecule has 3 rings (SSSR count). The average Bonchev–Trinajstić information content (AvgIpc) is 2.55. The molecule has 0 amide bonds. The Labute approximate surface area is 132 Å². The van der Waals surface area contributed by atoms with E-state index in [0.29, 0.717) is 12.6 Å². The second-order valence-electron chi connectivity index (χ2n) is 5.82. The summed E-state index contributed by atoms with van der Waals surface area (Å²) in [6.07, 6.45) is 3.23. The number of anilines is 1. The van der Waals surface area contributed by atoms with Crippen LogP contribution in [0.2, 0.25) is 0 Å². The molecule has 1 atom stereocenters. The molecule has 0 fully saturated rings. The number of hydrogen-bond acceptors (Lipinski definition) is 3. The zero-order valence-electron chi connectivity index (χ0n) is 13.3. The van der Waals surface area contributed by atoms with Gasteiger partial charge in [0, 0.05) is 18.8 Å². The van der Waals surface area contributed by atoms with Gasteiger partial charge >= 0.3 is 0 Å². The van der Waals surface area contributed by atoms with Crippen LogP contribution in [0, 0.1) is 0 Å². The summed E-state index contributed by atoms with van der Waals surface area (Å²) in [6, 6.07) is 15.3. The number of rotatable bonds is 5. The Morgan fingerprint density at radius 2 is 2.00 bits per heavy atom. The Bertz CT molecular complexity index is 639. The normalized spacial score (nSPS) is 16.9. The van der Waals surface area contributed by atoms with Crippen LogP contribution >= 0.6 is 0 Å². The van der Waals surface area contributed by atoms with Gasteiger partial charge in [-0.3, -0.25) is 0 Å². The molecule has 0 aliphatic heterocycles. The molecule has 0 heterocycles. The SMILES string of the molecule is COCc1cccc(NC2CCc3c(cccc3OC)C2)c1. The fraction of sp³-hybridized carbons (Fsp3) is 0.368. The molecular formula is C19H23NO2. The lowest BCUT2D eigenvalue weighted by Gasteiger charge is -2.27. The highest BCUT2D eigenvalue weighted by Crippen LogP contribution is 2.30. The molecule has 1 aliphatic rings. The zero-order chi connectivity index (χ0) is 15.4. The van der Waals surface area contributed by atoms with Crippen molar-refractivity contribution in [3.05, 3.63) is 59.2 Å². The molecule has 2 aromatic carbocycles. The first-order valence-corrected chi connectivity index (χ1v) is 7.79. The number of hydrogen-bond donors (Lipinski definition) is 1. The zero-order valence-corrected chi connectivity index (χ0v) is 13.3. The van der Waals surface area contributed by atoms with E-state index in [9.17, 15) is 0 Å². The number of nitrogens with one attached hydrogen (secondary N) is 1. The first-order chi connectivity index (χ1) is 10.8. The number of methoxy groups -OCH3 is 2. The van der Waals surface area contributed by atoms with E-state index >= 15 is 0 Å². The number of ether oxygens (including phenoxy) is 2. The van der Waals surface area contributed by atoms with Crippen LogP contribution < -0.4 is 10.1 Å².